The predicted molar refractivity (Wildman–Crippen MR) is 262 cm³/mol. The van der Waals surface area contributed by atoms with Crippen molar-refractivity contribution in [2.24, 2.45) is 0 Å². The average molecular weight is 831 g/mol. The molecule has 9 aromatic carbocycles. The molecule has 4 heterocycles. The molecule has 0 fully saturated rings. The molecule has 0 saturated carbocycles. The highest BCUT2D eigenvalue weighted by molar-refractivity contribution is 6.30. The SMILES string of the molecule is N#Cc1cc(-n2c3ccc(-c4ccccc4)cc3c3c4c5ccccc5n(-c5ccccc5)c4ccc32)c2c(oc3ccccc32)c1-c1nc(-c2ccccc2)nc(-c2ccccc2)n1. The summed E-state index contributed by atoms with van der Waals surface area (Å²) in [4.78, 5) is 15.2. The molecular weight excluding hydrogens is 797 g/mol. The predicted octanol–water partition coefficient (Wildman–Crippen LogP) is 14.5. The van der Waals surface area contributed by atoms with Crippen molar-refractivity contribution in [1.29, 1.82) is 5.26 Å². The molecule has 0 N–H and O–H groups in total. The number of aromatic nitrogens is 5. The Morgan fingerprint density at radius 2 is 0.923 bits per heavy atom. The third-order valence-electron chi connectivity index (χ3n) is 12.6. The van der Waals surface area contributed by atoms with Gasteiger partial charge in [-0.05, 0) is 65.7 Å². The zero-order valence-corrected chi connectivity index (χ0v) is 34.7. The lowest BCUT2D eigenvalue weighted by Gasteiger charge is -2.14. The standard InChI is InChI=1S/C58H34N6O/c59-35-40-34-49(54-43-26-14-16-28-50(43)65-55(54)51(40)58-61-56(37-19-7-2-8-20-37)60-57(62-58)38-21-9-3-10-22-38)64-46-30-29-39(36-17-5-1-6-18-36)33-44(46)53-48(64)32-31-47-52(53)42-25-13-15-27-45(42)63(47)41-23-11-4-12-24-41/h1-34H. The van der Waals surface area contributed by atoms with Gasteiger partial charge in [-0.3, -0.25) is 0 Å². The fourth-order valence-corrected chi connectivity index (χ4v) is 9.78. The lowest BCUT2D eigenvalue weighted by molar-refractivity contribution is 0.669. The Kier molecular flexibility index (Phi) is 8.14. The summed E-state index contributed by atoms with van der Waals surface area (Å²) < 4.78 is 11.6. The van der Waals surface area contributed by atoms with E-state index in [1.807, 2.05) is 84.9 Å². The van der Waals surface area contributed by atoms with Crippen LogP contribution in [-0.2, 0) is 0 Å². The first-order valence-corrected chi connectivity index (χ1v) is 21.6. The number of hydrogen-bond acceptors (Lipinski definition) is 5. The van der Waals surface area contributed by atoms with E-state index in [2.05, 4.69) is 137 Å². The Morgan fingerprint density at radius 1 is 0.400 bits per heavy atom. The molecule has 0 atom stereocenters. The first-order valence-electron chi connectivity index (χ1n) is 21.6. The van der Waals surface area contributed by atoms with Gasteiger partial charge < -0.3 is 13.6 Å². The second-order valence-corrected chi connectivity index (χ2v) is 16.2. The maximum Gasteiger partial charge on any atom is 0.169 e. The minimum absolute atomic E-state index is 0.356. The number of nitrogens with zero attached hydrogens (tertiary/aromatic N) is 6. The van der Waals surface area contributed by atoms with Gasteiger partial charge in [0, 0.05) is 43.7 Å². The highest BCUT2D eigenvalue weighted by Crippen LogP contribution is 2.47. The van der Waals surface area contributed by atoms with Gasteiger partial charge in [-0.2, -0.15) is 5.26 Å². The quantitative estimate of drug-likeness (QED) is 0.167. The molecule has 4 aromatic heterocycles. The molecule has 7 nitrogen and oxygen atoms in total. The van der Waals surface area contributed by atoms with Crippen molar-refractivity contribution in [3.05, 3.63) is 212 Å². The average Bonchev–Trinajstić information content (AvgIpc) is 4.04. The van der Waals surface area contributed by atoms with Crippen LogP contribution in [0.25, 0.3) is 122 Å². The van der Waals surface area contributed by atoms with E-state index in [0.29, 0.717) is 39.8 Å². The van der Waals surface area contributed by atoms with E-state index in [9.17, 15) is 5.26 Å². The minimum atomic E-state index is 0.356. The number of hydrogen-bond donors (Lipinski definition) is 0. The summed E-state index contributed by atoms with van der Waals surface area (Å²) in [6.45, 7) is 0. The largest absolute Gasteiger partial charge is 0.455 e. The number of furan rings is 1. The van der Waals surface area contributed by atoms with Crippen LogP contribution in [0.5, 0.6) is 0 Å². The molecule has 0 spiro atoms. The topological polar surface area (TPSA) is 85.5 Å². The molecule has 302 valence electrons. The van der Waals surface area contributed by atoms with Gasteiger partial charge >= 0.3 is 0 Å². The van der Waals surface area contributed by atoms with Crippen LogP contribution in [0.3, 0.4) is 0 Å². The van der Waals surface area contributed by atoms with Crippen LogP contribution in [0.2, 0.25) is 0 Å². The fraction of sp³-hybridized carbons (Fsp3) is 0. The Morgan fingerprint density at radius 3 is 1.60 bits per heavy atom. The molecule has 0 aliphatic carbocycles. The van der Waals surface area contributed by atoms with Crippen LogP contribution in [0.1, 0.15) is 5.56 Å². The maximum atomic E-state index is 11.3. The van der Waals surface area contributed by atoms with Crippen molar-refractivity contribution in [1.82, 2.24) is 24.1 Å². The van der Waals surface area contributed by atoms with Gasteiger partial charge in [-0.15, -0.1) is 0 Å². The lowest BCUT2D eigenvalue weighted by atomic mass is 10.00. The zero-order valence-electron chi connectivity index (χ0n) is 34.7. The third kappa shape index (κ3) is 5.64. The van der Waals surface area contributed by atoms with E-state index < -0.39 is 0 Å². The second kappa shape index (κ2) is 14.5. The summed E-state index contributed by atoms with van der Waals surface area (Å²) in [6, 6.07) is 73.4. The number of rotatable bonds is 6. The number of para-hydroxylation sites is 3. The molecule has 0 aliphatic rings. The Hall–Kier alpha value is -9.12. The minimum Gasteiger partial charge on any atom is -0.455 e. The fourth-order valence-electron chi connectivity index (χ4n) is 9.78. The summed E-state index contributed by atoms with van der Waals surface area (Å²) in [5, 5.41) is 17.6. The van der Waals surface area contributed by atoms with Crippen molar-refractivity contribution < 1.29 is 4.42 Å². The molecule has 0 bridgehead atoms. The monoisotopic (exact) mass is 830 g/mol. The van der Waals surface area contributed by atoms with Crippen molar-refractivity contribution in [2.75, 3.05) is 0 Å². The van der Waals surface area contributed by atoms with E-state index in [1.54, 1.807) is 0 Å². The maximum absolute atomic E-state index is 11.3. The summed E-state index contributed by atoms with van der Waals surface area (Å²) >= 11 is 0. The van der Waals surface area contributed by atoms with Crippen molar-refractivity contribution in [2.45, 2.75) is 0 Å². The van der Waals surface area contributed by atoms with Gasteiger partial charge in [0.1, 0.15) is 17.2 Å². The summed E-state index contributed by atoms with van der Waals surface area (Å²) in [7, 11) is 0. The number of benzene rings is 9. The Balaban J connectivity index is 1.17. The van der Waals surface area contributed by atoms with E-state index in [1.165, 1.54) is 0 Å². The van der Waals surface area contributed by atoms with E-state index in [0.717, 1.165) is 88.0 Å². The molecule has 0 saturated heterocycles. The molecule has 0 aliphatic heterocycles. The molecule has 0 radical (unpaired) electrons. The van der Waals surface area contributed by atoms with Crippen molar-refractivity contribution >= 4 is 65.6 Å². The van der Waals surface area contributed by atoms with Crippen LogP contribution in [0, 0.1) is 11.3 Å². The smallest absolute Gasteiger partial charge is 0.169 e. The van der Waals surface area contributed by atoms with Gasteiger partial charge in [0.05, 0.1) is 44.3 Å². The van der Waals surface area contributed by atoms with Crippen LogP contribution in [-0.4, -0.2) is 24.1 Å². The highest BCUT2D eigenvalue weighted by Gasteiger charge is 2.28. The molecule has 13 aromatic rings. The second-order valence-electron chi connectivity index (χ2n) is 16.2. The molecule has 0 amide bonds. The van der Waals surface area contributed by atoms with Crippen LogP contribution >= 0.6 is 0 Å². The van der Waals surface area contributed by atoms with Gasteiger partial charge in [-0.1, -0.05) is 152 Å². The van der Waals surface area contributed by atoms with Gasteiger partial charge in [0.2, 0.25) is 0 Å². The number of fused-ring (bicyclic) bond motifs is 10. The zero-order chi connectivity index (χ0) is 43.0. The Bertz CT molecular complexity index is 3990. The number of nitriles is 1. The molecule has 7 heteroatoms. The molecule has 0 unspecified atom stereocenters. The van der Waals surface area contributed by atoms with Crippen LogP contribution < -0.4 is 0 Å². The van der Waals surface area contributed by atoms with Gasteiger partial charge in [0.25, 0.3) is 0 Å². The lowest BCUT2D eigenvalue weighted by Crippen LogP contribution is -2.03. The summed E-state index contributed by atoms with van der Waals surface area (Å²) in [5.41, 5.74) is 12.2. The first kappa shape index (κ1) is 36.5. The molecular formula is C58H34N6O. The summed E-state index contributed by atoms with van der Waals surface area (Å²) in [6.07, 6.45) is 0. The van der Waals surface area contributed by atoms with E-state index >= 15 is 0 Å². The molecule has 13 rings (SSSR count). The van der Waals surface area contributed by atoms with E-state index in [4.69, 9.17) is 19.4 Å². The third-order valence-corrected chi connectivity index (χ3v) is 12.6. The van der Waals surface area contributed by atoms with Crippen molar-refractivity contribution in [3.8, 4) is 62.7 Å². The van der Waals surface area contributed by atoms with Gasteiger partial charge in [-0.25, -0.2) is 15.0 Å². The van der Waals surface area contributed by atoms with Crippen molar-refractivity contribution in [3.63, 3.8) is 0 Å². The van der Waals surface area contributed by atoms with Crippen LogP contribution in [0.4, 0.5) is 0 Å². The Labute approximate surface area is 372 Å². The molecule has 65 heavy (non-hydrogen) atoms. The highest BCUT2D eigenvalue weighted by atomic mass is 16.3. The normalized spacial score (nSPS) is 11.7. The van der Waals surface area contributed by atoms with E-state index in [-0.39, 0.29) is 0 Å². The summed E-state index contributed by atoms with van der Waals surface area (Å²) in [5.74, 6) is 1.36. The van der Waals surface area contributed by atoms with Crippen LogP contribution in [0.15, 0.2) is 211 Å². The first-order chi connectivity index (χ1) is 32.2. The van der Waals surface area contributed by atoms with Gasteiger partial charge in [0.15, 0.2) is 17.5 Å².